The molecule has 0 atom stereocenters. The van der Waals surface area contributed by atoms with Gasteiger partial charge in [0, 0.05) is 32.4 Å². The third kappa shape index (κ3) is 4.96. The van der Waals surface area contributed by atoms with Crippen LogP contribution in [-0.2, 0) is 16.0 Å². The van der Waals surface area contributed by atoms with Crippen molar-refractivity contribution < 1.29 is 14.3 Å². The highest BCUT2D eigenvalue weighted by molar-refractivity contribution is 5.88. The van der Waals surface area contributed by atoms with E-state index in [2.05, 4.69) is 28.5 Å². The van der Waals surface area contributed by atoms with E-state index in [0.29, 0.717) is 18.2 Å². The number of carbonyl (C=O) groups excluding carboxylic acids is 1. The van der Waals surface area contributed by atoms with Gasteiger partial charge in [0.05, 0.1) is 25.0 Å². The zero-order valence-corrected chi connectivity index (χ0v) is 12.0. The van der Waals surface area contributed by atoms with E-state index in [4.69, 9.17) is 4.74 Å². The Balaban J connectivity index is 2.66. The van der Waals surface area contributed by atoms with Crippen LogP contribution < -0.4 is 0 Å². The summed E-state index contributed by atoms with van der Waals surface area (Å²) in [7, 11) is 3.06. The van der Waals surface area contributed by atoms with Gasteiger partial charge >= 0.3 is 5.97 Å². The van der Waals surface area contributed by atoms with Gasteiger partial charge in [-0.2, -0.15) is 0 Å². The molecule has 0 saturated carbocycles. The van der Waals surface area contributed by atoms with E-state index in [1.54, 1.807) is 19.4 Å². The van der Waals surface area contributed by atoms with Gasteiger partial charge in [-0.25, -0.2) is 4.79 Å². The summed E-state index contributed by atoms with van der Waals surface area (Å²) in [6, 6.07) is 4.01. The first-order valence-corrected chi connectivity index (χ1v) is 6.34. The van der Waals surface area contributed by atoms with Gasteiger partial charge in [-0.05, 0) is 26.0 Å². The molecule has 5 heteroatoms. The van der Waals surface area contributed by atoms with Crippen LogP contribution in [0.5, 0.6) is 0 Å². The molecule has 106 valence electrons. The molecule has 0 N–H and O–H groups in total. The highest BCUT2D eigenvalue weighted by atomic mass is 16.5. The fourth-order valence-corrected chi connectivity index (χ4v) is 1.69. The van der Waals surface area contributed by atoms with Crippen LogP contribution in [0.25, 0.3) is 0 Å². The van der Waals surface area contributed by atoms with E-state index >= 15 is 0 Å². The van der Waals surface area contributed by atoms with Crippen LogP contribution >= 0.6 is 0 Å². The molecule has 0 aliphatic carbocycles. The van der Waals surface area contributed by atoms with E-state index in [1.165, 1.54) is 7.11 Å². The van der Waals surface area contributed by atoms with Crippen molar-refractivity contribution in [2.24, 2.45) is 0 Å². The number of esters is 1. The number of methoxy groups -OCH3 is 2. The van der Waals surface area contributed by atoms with Gasteiger partial charge in [0.1, 0.15) is 0 Å². The largest absolute Gasteiger partial charge is 0.465 e. The first-order valence-electron chi connectivity index (χ1n) is 6.34. The molecular weight excluding hydrogens is 244 g/mol. The fraction of sp³-hybridized carbons (Fsp3) is 0.571. The average molecular weight is 266 g/mol. The van der Waals surface area contributed by atoms with Gasteiger partial charge in [-0.3, -0.25) is 9.88 Å². The molecule has 0 bridgehead atoms. The lowest BCUT2D eigenvalue weighted by atomic mass is 10.2. The molecule has 0 radical (unpaired) electrons. The third-order valence-electron chi connectivity index (χ3n) is 2.92. The first-order chi connectivity index (χ1) is 9.08. The second-order valence-corrected chi connectivity index (χ2v) is 4.59. The molecular formula is C14H22N2O3. The summed E-state index contributed by atoms with van der Waals surface area (Å²) in [5.41, 5.74) is 1.40. The first kappa shape index (κ1) is 15.6. The van der Waals surface area contributed by atoms with Gasteiger partial charge in [0.2, 0.25) is 0 Å². The van der Waals surface area contributed by atoms with Crippen LogP contribution in [0.1, 0.15) is 29.9 Å². The minimum Gasteiger partial charge on any atom is -0.465 e. The lowest BCUT2D eigenvalue weighted by Gasteiger charge is -2.25. The fourth-order valence-electron chi connectivity index (χ4n) is 1.69. The maximum absolute atomic E-state index is 11.3. The number of carbonyl (C=O) groups is 1. The lowest BCUT2D eigenvalue weighted by molar-refractivity contribution is 0.0600. The van der Waals surface area contributed by atoms with E-state index in [1.807, 2.05) is 6.07 Å². The van der Waals surface area contributed by atoms with Gasteiger partial charge in [0.25, 0.3) is 0 Å². The third-order valence-corrected chi connectivity index (χ3v) is 2.92. The zero-order valence-electron chi connectivity index (χ0n) is 12.0. The van der Waals surface area contributed by atoms with Crippen LogP contribution in [0, 0.1) is 0 Å². The molecule has 1 aromatic heterocycles. The smallest absolute Gasteiger partial charge is 0.339 e. The van der Waals surface area contributed by atoms with E-state index < -0.39 is 0 Å². The Morgan fingerprint density at radius 1 is 1.37 bits per heavy atom. The monoisotopic (exact) mass is 266 g/mol. The summed E-state index contributed by atoms with van der Waals surface area (Å²) in [5, 5.41) is 0. The molecule has 0 aliphatic rings. The highest BCUT2D eigenvalue weighted by Crippen LogP contribution is 2.08. The van der Waals surface area contributed by atoms with E-state index in [0.717, 1.165) is 18.8 Å². The molecule has 1 heterocycles. The molecule has 5 nitrogen and oxygen atoms in total. The zero-order chi connectivity index (χ0) is 14.3. The number of hydrogen-bond acceptors (Lipinski definition) is 5. The van der Waals surface area contributed by atoms with Crippen LogP contribution in [-0.4, -0.2) is 49.3 Å². The Labute approximate surface area is 114 Å². The predicted octanol–water partition coefficient (Wildman–Crippen LogP) is 1.73. The molecule has 1 aromatic rings. The van der Waals surface area contributed by atoms with Gasteiger partial charge in [-0.15, -0.1) is 0 Å². The Hall–Kier alpha value is -1.46. The molecule has 1 rings (SSSR count). The SMILES string of the molecule is COCCN(Cc1ccc(C(=O)OC)cn1)C(C)C. The van der Waals surface area contributed by atoms with Crippen LogP contribution in [0.3, 0.4) is 0 Å². The van der Waals surface area contributed by atoms with E-state index in [-0.39, 0.29) is 5.97 Å². The van der Waals surface area contributed by atoms with Crippen LogP contribution in [0.15, 0.2) is 18.3 Å². The van der Waals surface area contributed by atoms with Crippen molar-refractivity contribution in [3.05, 3.63) is 29.6 Å². The van der Waals surface area contributed by atoms with Crippen molar-refractivity contribution in [2.75, 3.05) is 27.4 Å². The normalized spacial score (nSPS) is 11.1. The molecule has 0 fully saturated rings. The maximum atomic E-state index is 11.3. The summed E-state index contributed by atoms with van der Waals surface area (Å²) in [4.78, 5) is 17.9. The highest BCUT2D eigenvalue weighted by Gasteiger charge is 2.11. The number of hydrogen-bond donors (Lipinski definition) is 0. The minimum atomic E-state index is -0.362. The molecule has 0 unspecified atom stereocenters. The Morgan fingerprint density at radius 2 is 2.11 bits per heavy atom. The minimum absolute atomic E-state index is 0.362. The summed E-state index contributed by atoms with van der Waals surface area (Å²) >= 11 is 0. The quantitative estimate of drug-likeness (QED) is 0.703. The maximum Gasteiger partial charge on any atom is 0.339 e. The second kappa shape index (κ2) is 7.86. The van der Waals surface area contributed by atoms with Crippen molar-refractivity contribution in [3.63, 3.8) is 0 Å². The number of rotatable bonds is 7. The molecule has 0 spiro atoms. The standard InChI is InChI=1S/C14H22N2O3/c1-11(2)16(7-8-18-3)10-13-6-5-12(9-15-13)14(17)19-4/h5-6,9,11H,7-8,10H2,1-4H3. The number of ether oxygens (including phenoxy) is 2. The number of pyridine rings is 1. The van der Waals surface area contributed by atoms with Gasteiger partial charge in [0.15, 0.2) is 0 Å². The van der Waals surface area contributed by atoms with Crippen molar-refractivity contribution in [1.82, 2.24) is 9.88 Å². The molecule has 0 saturated heterocycles. The number of aromatic nitrogens is 1. The second-order valence-electron chi connectivity index (χ2n) is 4.59. The average Bonchev–Trinajstić information content (AvgIpc) is 2.43. The van der Waals surface area contributed by atoms with Crippen molar-refractivity contribution in [1.29, 1.82) is 0 Å². The summed E-state index contributed by atoms with van der Waals surface area (Å²) in [5.74, 6) is -0.362. The van der Waals surface area contributed by atoms with Crippen LogP contribution in [0.2, 0.25) is 0 Å². The van der Waals surface area contributed by atoms with Crippen molar-refractivity contribution in [2.45, 2.75) is 26.4 Å². The number of nitrogens with zero attached hydrogens (tertiary/aromatic N) is 2. The summed E-state index contributed by atoms with van der Waals surface area (Å²) in [6.07, 6.45) is 1.55. The molecule has 0 aromatic carbocycles. The van der Waals surface area contributed by atoms with Crippen molar-refractivity contribution in [3.8, 4) is 0 Å². The van der Waals surface area contributed by atoms with Gasteiger partial charge < -0.3 is 9.47 Å². The summed E-state index contributed by atoms with van der Waals surface area (Å²) < 4.78 is 9.74. The lowest BCUT2D eigenvalue weighted by Crippen LogP contribution is -2.33. The Kier molecular flexibility index (Phi) is 6.45. The van der Waals surface area contributed by atoms with Crippen molar-refractivity contribution >= 4 is 5.97 Å². The molecule has 0 aliphatic heterocycles. The summed E-state index contributed by atoms with van der Waals surface area (Å²) in [6.45, 7) is 6.56. The van der Waals surface area contributed by atoms with E-state index in [9.17, 15) is 4.79 Å². The topological polar surface area (TPSA) is 51.7 Å². The van der Waals surface area contributed by atoms with Crippen LogP contribution in [0.4, 0.5) is 0 Å². The predicted molar refractivity (Wildman–Crippen MR) is 73.0 cm³/mol. The van der Waals surface area contributed by atoms with Gasteiger partial charge in [-0.1, -0.05) is 0 Å². The molecule has 0 amide bonds. The Morgan fingerprint density at radius 3 is 2.58 bits per heavy atom. The Bertz CT molecular complexity index is 390. The molecule has 19 heavy (non-hydrogen) atoms.